The molecule has 0 heterocycles. The molecule has 2 aromatic rings. The molecule has 0 saturated carbocycles. The highest BCUT2D eigenvalue weighted by molar-refractivity contribution is 7.89. The van der Waals surface area contributed by atoms with Gasteiger partial charge in [-0.25, -0.2) is 17.5 Å². The minimum atomic E-state index is -3.67. The highest BCUT2D eigenvalue weighted by Gasteiger charge is 2.23. The predicted octanol–water partition coefficient (Wildman–Crippen LogP) is 4.47. The quantitative estimate of drug-likeness (QED) is 0.885. The Bertz CT molecular complexity index is 821. The monoisotopic (exact) mass is 349 g/mol. The van der Waals surface area contributed by atoms with E-state index in [4.69, 9.17) is 0 Å². The maximum Gasteiger partial charge on any atom is 0.241 e. The molecule has 0 bridgehead atoms. The fraction of sp³-hybridized carbons (Fsp3) is 0.368. The minimum absolute atomic E-state index is 0.138. The highest BCUT2D eigenvalue weighted by Crippen LogP contribution is 2.27. The second-order valence-electron chi connectivity index (χ2n) is 7.12. The summed E-state index contributed by atoms with van der Waals surface area (Å²) < 4.78 is 41.3. The molecule has 0 aliphatic heterocycles. The van der Waals surface area contributed by atoms with Crippen LogP contribution in [0.15, 0.2) is 47.4 Å². The van der Waals surface area contributed by atoms with Crippen LogP contribution in [0.1, 0.15) is 50.4 Å². The van der Waals surface area contributed by atoms with Crippen LogP contribution in [0.3, 0.4) is 0 Å². The fourth-order valence-electron chi connectivity index (χ4n) is 2.47. The van der Waals surface area contributed by atoms with Crippen LogP contribution in [0.5, 0.6) is 0 Å². The average Bonchev–Trinajstić information content (AvgIpc) is 2.46. The summed E-state index contributed by atoms with van der Waals surface area (Å²) in [6.45, 7) is 9.66. The van der Waals surface area contributed by atoms with Gasteiger partial charge in [-0.3, -0.25) is 0 Å². The number of aryl methyl sites for hydroxylation is 1. The molecule has 5 heteroatoms. The van der Waals surface area contributed by atoms with Gasteiger partial charge in [0.05, 0.1) is 4.90 Å². The van der Waals surface area contributed by atoms with Gasteiger partial charge in [0.25, 0.3) is 0 Å². The van der Waals surface area contributed by atoms with Crippen LogP contribution >= 0.6 is 0 Å². The Labute approximate surface area is 144 Å². The van der Waals surface area contributed by atoms with Crippen LogP contribution in [0.4, 0.5) is 4.39 Å². The average molecular weight is 349 g/mol. The molecule has 0 spiro atoms. The second-order valence-corrected chi connectivity index (χ2v) is 8.81. The van der Waals surface area contributed by atoms with Crippen LogP contribution in [0.2, 0.25) is 0 Å². The van der Waals surface area contributed by atoms with Crippen molar-refractivity contribution < 1.29 is 12.8 Å². The Hall–Kier alpha value is -1.72. The lowest BCUT2D eigenvalue weighted by Gasteiger charge is -2.22. The summed E-state index contributed by atoms with van der Waals surface area (Å²) in [7, 11) is -3.67. The van der Waals surface area contributed by atoms with Crippen molar-refractivity contribution in [1.29, 1.82) is 0 Å². The second kappa shape index (κ2) is 6.65. The summed E-state index contributed by atoms with van der Waals surface area (Å²) in [6, 6.07) is 10.9. The molecule has 130 valence electrons. The SMILES string of the molecule is Cc1ccc(C(C)(C)C)cc1S(=O)(=O)N[C@@H](C)c1ccc(F)cc1. The molecule has 0 fully saturated rings. The van der Waals surface area contributed by atoms with E-state index in [0.29, 0.717) is 11.1 Å². The van der Waals surface area contributed by atoms with E-state index in [2.05, 4.69) is 4.72 Å². The van der Waals surface area contributed by atoms with Gasteiger partial charge in [0.1, 0.15) is 5.82 Å². The molecule has 1 atom stereocenters. The molecular weight excluding hydrogens is 325 g/mol. The molecule has 2 aromatic carbocycles. The van der Waals surface area contributed by atoms with Gasteiger partial charge in [-0.2, -0.15) is 0 Å². The number of nitrogens with one attached hydrogen (secondary N) is 1. The summed E-state index contributed by atoms with van der Waals surface area (Å²) >= 11 is 0. The van der Waals surface area contributed by atoms with Crippen molar-refractivity contribution in [3.8, 4) is 0 Å². The van der Waals surface area contributed by atoms with Crippen molar-refractivity contribution in [2.75, 3.05) is 0 Å². The number of sulfonamides is 1. The number of halogens is 1. The first kappa shape index (κ1) is 18.6. The van der Waals surface area contributed by atoms with Gasteiger partial charge in [0, 0.05) is 6.04 Å². The van der Waals surface area contributed by atoms with Gasteiger partial charge < -0.3 is 0 Å². The Morgan fingerprint density at radius 2 is 1.62 bits per heavy atom. The van der Waals surface area contributed by atoms with E-state index in [1.54, 1.807) is 32.0 Å². The lowest BCUT2D eigenvalue weighted by atomic mass is 9.87. The van der Waals surface area contributed by atoms with Gasteiger partial charge in [-0.05, 0) is 54.2 Å². The van der Waals surface area contributed by atoms with Gasteiger partial charge in [-0.1, -0.05) is 45.0 Å². The van der Waals surface area contributed by atoms with Crippen molar-refractivity contribution in [3.63, 3.8) is 0 Å². The first-order valence-corrected chi connectivity index (χ1v) is 9.38. The summed E-state index contributed by atoms with van der Waals surface area (Å²) in [6.07, 6.45) is 0. The van der Waals surface area contributed by atoms with Crippen LogP contribution in [0, 0.1) is 12.7 Å². The summed E-state index contributed by atoms with van der Waals surface area (Å²) in [5.74, 6) is -0.345. The van der Waals surface area contributed by atoms with E-state index in [-0.39, 0.29) is 16.1 Å². The minimum Gasteiger partial charge on any atom is -0.207 e. The normalized spacial score (nSPS) is 13.8. The van der Waals surface area contributed by atoms with E-state index in [1.807, 2.05) is 32.9 Å². The molecule has 0 aliphatic rings. The van der Waals surface area contributed by atoms with Gasteiger partial charge >= 0.3 is 0 Å². The molecule has 2 rings (SSSR count). The lowest BCUT2D eigenvalue weighted by Crippen LogP contribution is -2.28. The van der Waals surface area contributed by atoms with Crippen LogP contribution in [-0.2, 0) is 15.4 Å². The van der Waals surface area contributed by atoms with Crippen LogP contribution in [-0.4, -0.2) is 8.42 Å². The van der Waals surface area contributed by atoms with E-state index in [0.717, 1.165) is 5.56 Å². The number of hydrogen-bond donors (Lipinski definition) is 1. The Morgan fingerprint density at radius 1 is 1.04 bits per heavy atom. The first-order chi connectivity index (χ1) is 11.0. The molecule has 3 nitrogen and oxygen atoms in total. The molecule has 0 radical (unpaired) electrons. The zero-order valence-electron chi connectivity index (χ0n) is 14.7. The number of rotatable bonds is 4. The first-order valence-electron chi connectivity index (χ1n) is 7.89. The molecule has 0 unspecified atom stereocenters. The van der Waals surface area contributed by atoms with E-state index >= 15 is 0 Å². The molecule has 0 amide bonds. The largest absolute Gasteiger partial charge is 0.241 e. The molecule has 0 aliphatic carbocycles. The van der Waals surface area contributed by atoms with Crippen molar-refractivity contribution in [3.05, 3.63) is 65.0 Å². The standard InChI is InChI=1S/C19H24FNO2S/c1-13-6-9-16(19(3,4)5)12-18(13)24(22,23)21-14(2)15-7-10-17(20)11-8-15/h6-12,14,21H,1-5H3/t14-/m0/s1. The maximum absolute atomic E-state index is 13.0. The van der Waals surface area contributed by atoms with Crippen LogP contribution in [0.25, 0.3) is 0 Å². The summed E-state index contributed by atoms with van der Waals surface area (Å²) in [5.41, 5.74) is 2.23. The van der Waals surface area contributed by atoms with Gasteiger partial charge in [-0.15, -0.1) is 0 Å². The van der Waals surface area contributed by atoms with Crippen molar-refractivity contribution in [2.45, 2.75) is 51.0 Å². The van der Waals surface area contributed by atoms with Gasteiger partial charge in [0.15, 0.2) is 0 Å². The Morgan fingerprint density at radius 3 is 2.17 bits per heavy atom. The maximum atomic E-state index is 13.0. The molecule has 0 saturated heterocycles. The van der Waals surface area contributed by atoms with E-state index in [1.165, 1.54) is 12.1 Å². The fourth-order valence-corrected chi connectivity index (χ4v) is 3.97. The van der Waals surface area contributed by atoms with E-state index < -0.39 is 16.1 Å². The summed E-state index contributed by atoms with van der Waals surface area (Å²) in [4.78, 5) is 0.281. The zero-order chi connectivity index (χ0) is 18.1. The molecule has 24 heavy (non-hydrogen) atoms. The highest BCUT2D eigenvalue weighted by atomic mass is 32.2. The lowest BCUT2D eigenvalue weighted by molar-refractivity contribution is 0.563. The predicted molar refractivity (Wildman–Crippen MR) is 95.0 cm³/mol. The molecule has 1 N–H and O–H groups in total. The third-order valence-corrected chi connectivity index (χ3v) is 5.73. The smallest absolute Gasteiger partial charge is 0.207 e. The molecular formula is C19H24FNO2S. The summed E-state index contributed by atoms with van der Waals surface area (Å²) in [5, 5.41) is 0. The Balaban J connectivity index is 2.35. The van der Waals surface area contributed by atoms with Gasteiger partial charge in [0.2, 0.25) is 10.0 Å². The number of hydrogen-bond acceptors (Lipinski definition) is 2. The van der Waals surface area contributed by atoms with Crippen LogP contribution < -0.4 is 4.72 Å². The van der Waals surface area contributed by atoms with Crippen molar-refractivity contribution in [1.82, 2.24) is 4.72 Å². The zero-order valence-corrected chi connectivity index (χ0v) is 15.5. The third-order valence-electron chi connectivity index (χ3n) is 4.05. The topological polar surface area (TPSA) is 46.2 Å². The van der Waals surface area contributed by atoms with Crippen molar-refractivity contribution >= 4 is 10.0 Å². The van der Waals surface area contributed by atoms with E-state index in [9.17, 15) is 12.8 Å². The van der Waals surface area contributed by atoms with Crippen molar-refractivity contribution in [2.24, 2.45) is 0 Å². The Kier molecular flexibility index (Phi) is 5.16. The molecule has 0 aromatic heterocycles. The number of benzene rings is 2. The third kappa shape index (κ3) is 4.22.